The quantitative estimate of drug-likeness (QED) is 0.877. The molecule has 1 aromatic carbocycles. The van der Waals surface area contributed by atoms with Crippen LogP contribution in [0.25, 0.3) is 0 Å². The van der Waals surface area contributed by atoms with Crippen molar-refractivity contribution in [2.75, 3.05) is 25.0 Å². The zero-order valence-electron chi connectivity index (χ0n) is 12.3. The number of amides is 1. The van der Waals surface area contributed by atoms with E-state index in [2.05, 4.69) is 19.2 Å². The van der Waals surface area contributed by atoms with Crippen LogP contribution in [-0.2, 0) is 4.79 Å². The van der Waals surface area contributed by atoms with Crippen molar-refractivity contribution in [1.82, 2.24) is 0 Å². The molecule has 1 aliphatic rings. The minimum atomic E-state index is 0.0747. The second kappa shape index (κ2) is 7.09. The highest BCUT2D eigenvalue weighted by atomic mass is 35.5. The SMILES string of the molecule is C[C@@H]1C[C@H](C)C[NH+](CCC(=O)Nc2cccc(Cl)c2)C1. The van der Waals surface area contributed by atoms with Crippen molar-refractivity contribution in [3.63, 3.8) is 0 Å². The third-order valence-electron chi connectivity index (χ3n) is 3.89. The zero-order valence-corrected chi connectivity index (χ0v) is 13.0. The van der Waals surface area contributed by atoms with E-state index >= 15 is 0 Å². The number of nitrogens with one attached hydrogen (secondary N) is 2. The van der Waals surface area contributed by atoms with Gasteiger partial charge in [-0.1, -0.05) is 31.5 Å². The smallest absolute Gasteiger partial charge is 0.230 e. The molecular formula is C16H24ClN2O+. The van der Waals surface area contributed by atoms with Crippen molar-refractivity contribution in [1.29, 1.82) is 0 Å². The van der Waals surface area contributed by atoms with E-state index in [9.17, 15) is 4.79 Å². The summed E-state index contributed by atoms with van der Waals surface area (Å²) in [5.74, 6) is 1.61. The maximum Gasteiger partial charge on any atom is 0.230 e. The molecule has 2 rings (SSSR count). The largest absolute Gasteiger partial charge is 0.334 e. The van der Waals surface area contributed by atoms with Crippen molar-refractivity contribution in [3.05, 3.63) is 29.3 Å². The molecule has 1 fully saturated rings. The lowest BCUT2D eigenvalue weighted by Crippen LogP contribution is -3.14. The maximum absolute atomic E-state index is 12.0. The molecule has 2 N–H and O–H groups in total. The second-order valence-corrected chi connectivity index (χ2v) is 6.60. The highest BCUT2D eigenvalue weighted by molar-refractivity contribution is 6.30. The number of piperidine rings is 1. The average molecular weight is 296 g/mol. The summed E-state index contributed by atoms with van der Waals surface area (Å²) in [6.45, 7) is 7.91. The average Bonchev–Trinajstić information content (AvgIpc) is 2.35. The van der Waals surface area contributed by atoms with Gasteiger partial charge < -0.3 is 10.2 Å². The Labute approximate surface area is 126 Å². The highest BCUT2D eigenvalue weighted by Gasteiger charge is 2.25. The van der Waals surface area contributed by atoms with Gasteiger partial charge in [0.25, 0.3) is 0 Å². The Bertz CT molecular complexity index is 454. The lowest BCUT2D eigenvalue weighted by atomic mass is 9.92. The van der Waals surface area contributed by atoms with Crippen LogP contribution in [0.2, 0.25) is 5.02 Å². The van der Waals surface area contributed by atoms with Crippen LogP contribution in [-0.4, -0.2) is 25.5 Å². The molecule has 20 heavy (non-hydrogen) atoms. The van der Waals surface area contributed by atoms with E-state index in [-0.39, 0.29) is 5.91 Å². The predicted octanol–water partition coefficient (Wildman–Crippen LogP) is 2.23. The number of hydrogen-bond donors (Lipinski definition) is 2. The van der Waals surface area contributed by atoms with Crippen LogP contribution in [0.1, 0.15) is 26.7 Å². The van der Waals surface area contributed by atoms with E-state index in [0.717, 1.165) is 24.1 Å². The molecule has 1 unspecified atom stereocenters. The number of rotatable bonds is 4. The lowest BCUT2D eigenvalue weighted by molar-refractivity contribution is -0.911. The third-order valence-corrected chi connectivity index (χ3v) is 4.13. The minimum absolute atomic E-state index is 0.0747. The maximum atomic E-state index is 12.0. The van der Waals surface area contributed by atoms with Crippen molar-refractivity contribution >= 4 is 23.2 Å². The van der Waals surface area contributed by atoms with Gasteiger partial charge in [-0.25, -0.2) is 0 Å². The molecule has 3 atom stereocenters. The van der Waals surface area contributed by atoms with Gasteiger partial charge in [0.1, 0.15) is 0 Å². The van der Waals surface area contributed by atoms with Gasteiger partial charge in [-0.15, -0.1) is 0 Å². The van der Waals surface area contributed by atoms with Gasteiger partial charge in [0.15, 0.2) is 0 Å². The predicted molar refractivity (Wildman–Crippen MR) is 83.2 cm³/mol. The Morgan fingerprint density at radius 3 is 2.70 bits per heavy atom. The van der Waals surface area contributed by atoms with Gasteiger partial charge in [-0.2, -0.15) is 0 Å². The number of likely N-dealkylation sites (tertiary alicyclic amines) is 1. The number of halogens is 1. The van der Waals surface area contributed by atoms with Crippen LogP contribution >= 0.6 is 11.6 Å². The Morgan fingerprint density at radius 2 is 2.05 bits per heavy atom. The summed E-state index contributed by atoms with van der Waals surface area (Å²) in [4.78, 5) is 13.5. The van der Waals surface area contributed by atoms with Crippen LogP contribution in [0.3, 0.4) is 0 Å². The van der Waals surface area contributed by atoms with Crippen molar-refractivity contribution in [3.8, 4) is 0 Å². The molecule has 0 aliphatic carbocycles. The van der Waals surface area contributed by atoms with Gasteiger partial charge in [-0.3, -0.25) is 4.79 Å². The molecule has 1 aromatic rings. The molecule has 1 heterocycles. The summed E-state index contributed by atoms with van der Waals surface area (Å²) in [6, 6.07) is 7.29. The van der Waals surface area contributed by atoms with Crippen molar-refractivity contribution < 1.29 is 9.69 Å². The van der Waals surface area contributed by atoms with E-state index in [0.29, 0.717) is 11.4 Å². The third kappa shape index (κ3) is 4.80. The first-order valence-corrected chi connectivity index (χ1v) is 7.79. The summed E-state index contributed by atoms with van der Waals surface area (Å²) in [6.07, 6.45) is 1.89. The molecule has 0 spiro atoms. The topological polar surface area (TPSA) is 33.5 Å². The number of hydrogen-bond acceptors (Lipinski definition) is 1. The van der Waals surface area contributed by atoms with E-state index in [1.54, 1.807) is 17.0 Å². The van der Waals surface area contributed by atoms with Crippen LogP contribution in [0.4, 0.5) is 5.69 Å². The van der Waals surface area contributed by atoms with Crippen LogP contribution in [0.15, 0.2) is 24.3 Å². The number of benzene rings is 1. The molecule has 0 radical (unpaired) electrons. The Hall–Kier alpha value is -1.06. The van der Waals surface area contributed by atoms with E-state index in [1.165, 1.54) is 19.5 Å². The summed E-state index contributed by atoms with van der Waals surface area (Å²) in [7, 11) is 0. The van der Waals surface area contributed by atoms with Crippen LogP contribution in [0, 0.1) is 11.8 Å². The number of anilines is 1. The minimum Gasteiger partial charge on any atom is -0.334 e. The Morgan fingerprint density at radius 1 is 1.35 bits per heavy atom. The Kier molecular flexibility index (Phi) is 5.44. The van der Waals surface area contributed by atoms with Gasteiger partial charge in [-0.05, 0) is 24.6 Å². The highest BCUT2D eigenvalue weighted by Crippen LogP contribution is 2.15. The molecular weight excluding hydrogens is 272 g/mol. The van der Waals surface area contributed by atoms with Crippen LogP contribution < -0.4 is 10.2 Å². The normalized spacial score (nSPS) is 26.2. The van der Waals surface area contributed by atoms with Gasteiger partial charge in [0.05, 0.1) is 26.1 Å². The lowest BCUT2D eigenvalue weighted by Gasteiger charge is -2.31. The number of carbonyl (C=O) groups excluding carboxylic acids is 1. The molecule has 3 nitrogen and oxygen atoms in total. The standard InChI is InChI=1S/C16H23ClN2O/c1-12-8-13(2)11-19(10-12)7-6-16(20)18-15-5-3-4-14(17)9-15/h3-5,9,12-13H,6-8,10-11H2,1-2H3,(H,18,20)/p+1/t12-,13+. The molecule has 110 valence electrons. The molecule has 1 amide bonds. The molecule has 0 saturated carbocycles. The fourth-order valence-corrected chi connectivity index (χ4v) is 3.40. The van der Waals surface area contributed by atoms with Crippen molar-refractivity contribution in [2.45, 2.75) is 26.7 Å². The first-order valence-electron chi connectivity index (χ1n) is 7.42. The van der Waals surface area contributed by atoms with E-state index in [1.807, 2.05) is 12.1 Å². The molecule has 1 saturated heterocycles. The zero-order chi connectivity index (χ0) is 14.5. The van der Waals surface area contributed by atoms with E-state index < -0.39 is 0 Å². The molecule has 0 bridgehead atoms. The number of carbonyl (C=O) groups is 1. The molecule has 4 heteroatoms. The first kappa shape index (κ1) is 15.3. The van der Waals surface area contributed by atoms with Gasteiger partial charge in [0.2, 0.25) is 5.91 Å². The van der Waals surface area contributed by atoms with Crippen molar-refractivity contribution in [2.24, 2.45) is 11.8 Å². The summed E-state index contributed by atoms with van der Waals surface area (Å²) in [5, 5.41) is 3.55. The molecule has 0 aromatic heterocycles. The van der Waals surface area contributed by atoms with Gasteiger partial charge >= 0.3 is 0 Å². The monoisotopic (exact) mass is 295 g/mol. The van der Waals surface area contributed by atoms with Crippen LogP contribution in [0.5, 0.6) is 0 Å². The Balaban J connectivity index is 1.77. The van der Waals surface area contributed by atoms with Gasteiger partial charge in [0, 0.05) is 22.5 Å². The summed E-state index contributed by atoms with van der Waals surface area (Å²) >= 11 is 5.90. The summed E-state index contributed by atoms with van der Waals surface area (Å²) < 4.78 is 0. The number of quaternary nitrogens is 1. The van der Waals surface area contributed by atoms with E-state index in [4.69, 9.17) is 11.6 Å². The first-order chi connectivity index (χ1) is 9.52. The fourth-order valence-electron chi connectivity index (χ4n) is 3.21. The second-order valence-electron chi connectivity index (χ2n) is 6.16. The molecule has 1 aliphatic heterocycles. The fraction of sp³-hybridized carbons (Fsp3) is 0.562. The summed E-state index contributed by atoms with van der Waals surface area (Å²) in [5.41, 5.74) is 0.776.